The molecular weight excluding hydrogens is 187 g/mol. The van der Waals surface area contributed by atoms with Crippen LogP contribution in [0.3, 0.4) is 0 Å². The van der Waals surface area contributed by atoms with Crippen LogP contribution in [-0.2, 0) is 6.18 Å². The highest BCUT2D eigenvalue weighted by Crippen LogP contribution is 2.29. The molecule has 0 radical (unpaired) electrons. The van der Waals surface area contributed by atoms with E-state index in [0.717, 1.165) is 6.07 Å². The van der Waals surface area contributed by atoms with Crippen molar-refractivity contribution in [1.29, 1.82) is 0 Å². The molecule has 0 aliphatic heterocycles. The van der Waals surface area contributed by atoms with Gasteiger partial charge in [-0.1, -0.05) is 0 Å². The second kappa shape index (κ2) is 3.04. The summed E-state index contributed by atoms with van der Waals surface area (Å²) in [7, 11) is 0. The highest BCUT2D eigenvalue weighted by Gasteiger charge is 2.33. The highest BCUT2D eigenvalue weighted by molar-refractivity contribution is 5.74. The minimum Gasteiger partial charge on any atom is -0.319 e. The molecule has 0 fully saturated rings. The summed E-state index contributed by atoms with van der Waals surface area (Å²) in [5.41, 5.74) is -2.63. The van der Waals surface area contributed by atoms with Crippen molar-refractivity contribution in [3.63, 3.8) is 0 Å². The number of nitrogens with one attached hydrogen (secondary N) is 1. The Balaban J connectivity index is 3.38. The average molecular weight is 191 g/mol. The minimum absolute atomic E-state index is 0.0375. The van der Waals surface area contributed by atoms with Crippen LogP contribution in [0.1, 0.15) is 16.1 Å². The molecule has 0 aliphatic carbocycles. The number of pyridine rings is 1. The van der Waals surface area contributed by atoms with Gasteiger partial charge in [-0.25, -0.2) is 0 Å². The Morgan fingerprint density at radius 2 is 1.92 bits per heavy atom. The SMILES string of the molecule is O=Cc1[nH]c(=O)ccc1C(F)(F)F. The number of rotatable bonds is 1. The summed E-state index contributed by atoms with van der Waals surface area (Å²) in [6.45, 7) is 0. The third-order valence-electron chi connectivity index (χ3n) is 1.37. The van der Waals surface area contributed by atoms with Crippen LogP contribution in [0, 0.1) is 0 Å². The van der Waals surface area contributed by atoms with Gasteiger partial charge in [-0.05, 0) is 6.07 Å². The van der Waals surface area contributed by atoms with Crippen molar-refractivity contribution in [3.8, 4) is 0 Å². The number of alkyl halides is 3. The van der Waals surface area contributed by atoms with E-state index in [1.165, 1.54) is 0 Å². The first kappa shape index (κ1) is 9.50. The molecule has 0 amide bonds. The first-order valence-corrected chi connectivity index (χ1v) is 3.21. The Labute approximate surface area is 70.2 Å². The van der Waals surface area contributed by atoms with E-state index in [1.54, 1.807) is 4.98 Å². The van der Waals surface area contributed by atoms with Crippen molar-refractivity contribution in [2.75, 3.05) is 0 Å². The van der Waals surface area contributed by atoms with Gasteiger partial charge in [0.2, 0.25) is 5.56 Å². The predicted molar refractivity (Wildman–Crippen MR) is 37.5 cm³/mol. The Bertz CT molecular complexity index is 380. The largest absolute Gasteiger partial charge is 0.418 e. The number of carbonyl (C=O) groups is 1. The Hall–Kier alpha value is -1.59. The molecule has 70 valence electrons. The van der Waals surface area contributed by atoms with Crippen LogP contribution in [0.5, 0.6) is 0 Å². The number of H-pyrrole nitrogens is 1. The van der Waals surface area contributed by atoms with Crippen molar-refractivity contribution >= 4 is 6.29 Å². The molecule has 1 aromatic heterocycles. The van der Waals surface area contributed by atoms with E-state index in [1.807, 2.05) is 0 Å². The maximum absolute atomic E-state index is 12.1. The Kier molecular flexibility index (Phi) is 2.22. The maximum atomic E-state index is 12.1. The van der Waals surface area contributed by atoms with E-state index < -0.39 is 23.0 Å². The number of hydrogen-bond donors (Lipinski definition) is 1. The Morgan fingerprint density at radius 3 is 2.38 bits per heavy atom. The first-order valence-electron chi connectivity index (χ1n) is 3.21. The molecule has 0 spiro atoms. The molecular formula is C7H4F3NO2. The molecule has 13 heavy (non-hydrogen) atoms. The quantitative estimate of drug-likeness (QED) is 0.678. The summed E-state index contributed by atoms with van der Waals surface area (Å²) >= 11 is 0. The smallest absolute Gasteiger partial charge is 0.319 e. The van der Waals surface area contributed by atoms with Gasteiger partial charge >= 0.3 is 6.18 Å². The average Bonchev–Trinajstić information content (AvgIpc) is 2.01. The molecule has 1 aromatic rings. The van der Waals surface area contributed by atoms with Crippen LogP contribution in [0.25, 0.3) is 0 Å². The maximum Gasteiger partial charge on any atom is 0.418 e. The molecule has 0 aliphatic rings. The van der Waals surface area contributed by atoms with Crippen LogP contribution in [0.4, 0.5) is 13.2 Å². The summed E-state index contributed by atoms with van der Waals surface area (Å²) in [6.07, 6.45) is -4.66. The molecule has 1 heterocycles. The van der Waals surface area contributed by atoms with E-state index in [9.17, 15) is 22.8 Å². The van der Waals surface area contributed by atoms with Crippen LogP contribution in [-0.4, -0.2) is 11.3 Å². The van der Waals surface area contributed by atoms with E-state index in [-0.39, 0.29) is 6.29 Å². The standard InChI is InChI=1S/C7H4F3NO2/c8-7(9,10)4-1-2-6(13)11-5(4)3-12/h1-3H,(H,11,13). The highest BCUT2D eigenvalue weighted by atomic mass is 19.4. The van der Waals surface area contributed by atoms with Gasteiger partial charge in [0, 0.05) is 6.07 Å². The number of aromatic nitrogens is 1. The molecule has 1 rings (SSSR count). The summed E-state index contributed by atoms with van der Waals surface area (Å²) in [5.74, 6) is 0. The van der Waals surface area contributed by atoms with Gasteiger partial charge in [0.25, 0.3) is 0 Å². The van der Waals surface area contributed by atoms with Crippen LogP contribution < -0.4 is 5.56 Å². The first-order chi connectivity index (χ1) is 5.95. The molecule has 1 N–H and O–H groups in total. The molecule has 0 aromatic carbocycles. The molecule has 0 saturated carbocycles. The number of halogens is 3. The zero-order valence-corrected chi connectivity index (χ0v) is 6.18. The summed E-state index contributed by atoms with van der Waals surface area (Å²) in [6, 6.07) is 1.29. The monoisotopic (exact) mass is 191 g/mol. The third kappa shape index (κ3) is 1.95. The van der Waals surface area contributed by atoms with Gasteiger partial charge < -0.3 is 4.98 Å². The summed E-state index contributed by atoms with van der Waals surface area (Å²) in [5, 5.41) is 0. The minimum atomic E-state index is -4.62. The molecule has 0 atom stereocenters. The van der Waals surface area contributed by atoms with Gasteiger partial charge in [0.1, 0.15) is 0 Å². The molecule has 0 saturated heterocycles. The van der Waals surface area contributed by atoms with Gasteiger partial charge in [0.15, 0.2) is 6.29 Å². The van der Waals surface area contributed by atoms with Crippen LogP contribution in [0.2, 0.25) is 0 Å². The lowest BCUT2D eigenvalue weighted by molar-refractivity contribution is -0.138. The van der Waals surface area contributed by atoms with Crippen LogP contribution >= 0.6 is 0 Å². The molecule has 6 heteroatoms. The number of aldehydes is 1. The lowest BCUT2D eigenvalue weighted by Crippen LogP contribution is -2.16. The fraction of sp³-hybridized carbons (Fsp3) is 0.143. The summed E-state index contributed by atoms with van der Waals surface area (Å²) in [4.78, 5) is 22.5. The van der Waals surface area contributed by atoms with E-state index in [2.05, 4.69) is 0 Å². The fourth-order valence-corrected chi connectivity index (χ4v) is 0.831. The second-order valence-corrected chi connectivity index (χ2v) is 2.27. The van der Waals surface area contributed by atoms with Crippen molar-refractivity contribution < 1.29 is 18.0 Å². The molecule has 3 nitrogen and oxygen atoms in total. The number of hydrogen-bond acceptors (Lipinski definition) is 2. The van der Waals surface area contributed by atoms with Crippen molar-refractivity contribution in [2.24, 2.45) is 0 Å². The topological polar surface area (TPSA) is 49.9 Å². The van der Waals surface area contributed by atoms with Gasteiger partial charge in [-0.2, -0.15) is 13.2 Å². The summed E-state index contributed by atoms with van der Waals surface area (Å²) < 4.78 is 36.3. The fourth-order valence-electron chi connectivity index (χ4n) is 0.831. The normalized spacial score (nSPS) is 11.3. The van der Waals surface area contributed by atoms with Gasteiger partial charge in [-0.3, -0.25) is 9.59 Å². The lowest BCUT2D eigenvalue weighted by Gasteiger charge is -2.07. The lowest BCUT2D eigenvalue weighted by atomic mass is 10.2. The van der Waals surface area contributed by atoms with E-state index in [0.29, 0.717) is 6.07 Å². The van der Waals surface area contributed by atoms with Crippen molar-refractivity contribution in [2.45, 2.75) is 6.18 Å². The van der Waals surface area contributed by atoms with Crippen molar-refractivity contribution in [3.05, 3.63) is 33.7 Å². The third-order valence-corrected chi connectivity index (χ3v) is 1.37. The van der Waals surface area contributed by atoms with Crippen molar-refractivity contribution in [1.82, 2.24) is 4.98 Å². The zero-order chi connectivity index (χ0) is 10.1. The number of carbonyl (C=O) groups excluding carboxylic acids is 1. The molecule has 0 bridgehead atoms. The van der Waals surface area contributed by atoms with E-state index in [4.69, 9.17) is 0 Å². The van der Waals surface area contributed by atoms with Gasteiger partial charge in [-0.15, -0.1) is 0 Å². The molecule has 0 unspecified atom stereocenters. The van der Waals surface area contributed by atoms with E-state index >= 15 is 0 Å². The number of aromatic amines is 1. The Morgan fingerprint density at radius 1 is 1.31 bits per heavy atom. The van der Waals surface area contributed by atoms with Gasteiger partial charge in [0.05, 0.1) is 11.3 Å². The zero-order valence-electron chi connectivity index (χ0n) is 6.18. The second-order valence-electron chi connectivity index (χ2n) is 2.27. The predicted octanol–water partition coefficient (Wildman–Crippen LogP) is 1.21. The van der Waals surface area contributed by atoms with Crippen LogP contribution in [0.15, 0.2) is 16.9 Å².